The van der Waals surface area contributed by atoms with Crippen LogP contribution in [0.5, 0.6) is 0 Å². The summed E-state index contributed by atoms with van der Waals surface area (Å²) in [4.78, 5) is 31.8. The van der Waals surface area contributed by atoms with Crippen LogP contribution < -0.4 is 5.32 Å². The van der Waals surface area contributed by atoms with E-state index >= 15 is 0 Å². The van der Waals surface area contributed by atoms with Gasteiger partial charge in [-0.15, -0.1) is 0 Å². The van der Waals surface area contributed by atoms with Gasteiger partial charge in [0.2, 0.25) is 0 Å². The third-order valence-electron chi connectivity index (χ3n) is 7.07. The minimum absolute atomic E-state index is 0.0837. The van der Waals surface area contributed by atoms with Crippen molar-refractivity contribution in [1.82, 2.24) is 20.0 Å². The highest BCUT2D eigenvalue weighted by Crippen LogP contribution is 2.22. The molecule has 0 aromatic heterocycles. The fourth-order valence-electron chi connectivity index (χ4n) is 4.79. The topological polar surface area (TPSA) is 129 Å². The Morgan fingerprint density at radius 1 is 1.22 bits per heavy atom. The third-order valence-corrected chi connectivity index (χ3v) is 7.07. The number of benzene rings is 1. The summed E-state index contributed by atoms with van der Waals surface area (Å²) in [5, 5.41) is 31.7. The van der Waals surface area contributed by atoms with Crippen LogP contribution in [0.25, 0.3) is 0 Å². The number of nitriles is 1. The molecule has 2 fully saturated rings. The largest absolute Gasteiger partial charge is 0.475 e. The van der Waals surface area contributed by atoms with Crippen LogP contribution in [-0.2, 0) is 16.0 Å². The van der Waals surface area contributed by atoms with Crippen molar-refractivity contribution < 1.29 is 24.4 Å². The number of carbonyl (C=O) groups is 2. The molecule has 1 aromatic rings. The molecule has 200 valence electrons. The molecule has 0 radical (unpaired) electrons. The van der Waals surface area contributed by atoms with Crippen LogP contribution >= 0.6 is 0 Å². The smallest absolute Gasteiger partial charge is 0.444 e. The van der Waals surface area contributed by atoms with Gasteiger partial charge in [-0.1, -0.05) is 30.3 Å². The summed E-state index contributed by atoms with van der Waals surface area (Å²) in [7, 11) is 0.318. The molecule has 2 amide bonds. The number of piperidine rings is 1. The van der Waals surface area contributed by atoms with Gasteiger partial charge in [0.15, 0.2) is 0 Å². The summed E-state index contributed by atoms with van der Waals surface area (Å²) < 4.78 is 5.53. The minimum atomic E-state index is -1.76. The van der Waals surface area contributed by atoms with Gasteiger partial charge in [-0.05, 0) is 51.8 Å². The van der Waals surface area contributed by atoms with E-state index in [1.54, 1.807) is 11.0 Å². The molecule has 0 aliphatic carbocycles. The highest BCUT2D eigenvalue weighted by molar-refractivity contribution is 6.43. The second-order valence-electron chi connectivity index (χ2n) is 10.4. The molecule has 3 rings (SSSR count). The molecule has 37 heavy (non-hydrogen) atoms. The van der Waals surface area contributed by atoms with Crippen molar-refractivity contribution in [2.75, 3.05) is 46.3 Å². The predicted octanol–water partition coefficient (Wildman–Crippen LogP) is 0.803. The maximum absolute atomic E-state index is 13.2. The number of piperazine rings is 1. The molecule has 2 saturated heterocycles. The molecule has 2 aliphatic rings. The standard InChI is InChI=1S/C26H38BN5O5/c1-26(2,32-14-12-30(3)13-15-32)17-21(18-28)24(33)31-11-7-10-22(19-31)37-25(34)29-23(27(35)36)16-20-8-5-4-6-9-20/h4-6,8-9,17,22-23,35-36H,7,10-16,19H2,1-3H3,(H,29,34)/t22?,23-/m0/s1. The first-order valence-corrected chi connectivity index (χ1v) is 12.8. The van der Waals surface area contributed by atoms with Crippen LogP contribution in [0, 0.1) is 11.3 Å². The van der Waals surface area contributed by atoms with E-state index in [4.69, 9.17) is 4.74 Å². The van der Waals surface area contributed by atoms with E-state index in [9.17, 15) is 24.9 Å². The summed E-state index contributed by atoms with van der Waals surface area (Å²) in [6.07, 6.45) is 1.83. The van der Waals surface area contributed by atoms with Gasteiger partial charge in [0.1, 0.15) is 17.7 Å². The van der Waals surface area contributed by atoms with Gasteiger partial charge < -0.3 is 29.9 Å². The van der Waals surface area contributed by atoms with E-state index in [1.165, 1.54) is 0 Å². The Kier molecular flexibility index (Phi) is 10.1. The van der Waals surface area contributed by atoms with Crippen molar-refractivity contribution in [2.45, 2.75) is 50.7 Å². The molecule has 10 nitrogen and oxygen atoms in total. The van der Waals surface area contributed by atoms with E-state index in [2.05, 4.69) is 28.2 Å². The minimum Gasteiger partial charge on any atom is -0.444 e. The molecular formula is C26H38BN5O5. The van der Waals surface area contributed by atoms with Crippen LogP contribution in [0.3, 0.4) is 0 Å². The van der Waals surface area contributed by atoms with E-state index < -0.39 is 30.8 Å². The SMILES string of the molecule is CN1CCN(C(C)(C)C=C(C#N)C(=O)N2CCCC(OC(=O)N[C@@H](Cc3ccccc3)B(O)O)C2)CC1. The summed E-state index contributed by atoms with van der Waals surface area (Å²) in [5.41, 5.74) is 0.470. The molecule has 3 N–H and O–H groups in total. The molecule has 0 spiro atoms. The lowest BCUT2D eigenvalue weighted by atomic mass is 9.76. The molecule has 1 unspecified atom stereocenters. The highest BCUT2D eigenvalue weighted by Gasteiger charge is 2.33. The molecule has 2 heterocycles. The van der Waals surface area contributed by atoms with Crippen LogP contribution in [0.2, 0.25) is 0 Å². The second kappa shape index (κ2) is 13.1. The third kappa shape index (κ3) is 8.30. The lowest BCUT2D eigenvalue weighted by Crippen LogP contribution is -2.53. The number of likely N-dealkylation sites (N-methyl/N-ethyl adjacent to an activating group) is 1. The average molecular weight is 511 g/mol. The van der Waals surface area contributed by atoms with Gasteiger partial charge in [-0.2, -0.15) is 5.26 Å². The Balaban J connectivity index is 1.58. The maximum atomic E-state index is 13.2. The fraction of sp³-hybridized carbons (Fsp3) is 0.577. The molecule has 1 aromatic carbocycles. The van der Waals surface area contributed by atoms with E-state index in [0.717, 1.165) is 31.7 Å². The predicted molar refractivity (Wildman–Crippen MR) is 140 cm³/mol. The van der Waals surface area contributed by atoms with Gasteiger partial charge in [-0.3, -0.25) is 9.69 Å². The average Bonchev–Trinajstić information content (AvgIpc) is 2.87. The fourth-order valence-corrected chi connectivity index (χ4v) is 4.79. The Hall–Kier alpha value is -2.91. The number of ether oxygens (including phenoxy) is 1. The lowest BCUT2D eigenvalue weighted by molar-refractivity contribution is -0.129. The highest BCUT2D eigenvalue weighted by atomic mass is 16.6. The second-order valence-corrected chi connectivity index (χ2v) is 10.4. The number of alkyl carbamates (subject to hydrolysis) is 1. The summed E-state index contributed by atoms with van der Waals surface area (Å²) in [6, 6.07) is 11.3. The van der Waals surface area contributed by atoms with Gasteiger partial charge in [0.05, 0.1) is 12.5 Å². The van der Waals surface area contributed by atoms with Crippen molar-refractivity contribution in [1.29, 1.82) is 5.26 Å². The lowest BCUT2D eigenvalue weighted by Gasteiger charge is -2.42. The Morgan fingerprint density at radius 3 is 2.51 bits per heavy atom. The van der Waals surface area contributed by atoms with Crippen LogP contribution in [0.4, 0.5) is 4.79 Å². The van der Waals surface area contributed by atoms with Crippen LogP contribution in [0.15, 0.2) is 42.0 Å². The Bertz CT molecular complexity index is 989. The molecule has 0 saturated carbocycles. The van der Waals surface area contributed by atoms with Crippen molar-refractivity contribution in [3.63, 3.8) is 0 Å². The molecule has 0 bridgehead atoms. The van der Waals surface area contributed by atoms with E-state index in [0.29, 0.717) is 19.4 Å². The molecular weight excluding hydrogens is 473 g/mol. The van der Waals surface area contributed by atoms with E-state index in [-0.39, 0.29) is 24.4 Å². The van der Waals surface area contributed by atoms with Crippen molar-refractivity contribution in [3.05, 3.63) is 47.5 Å². The zero-order valence-electron chi connectivity index (χ0n) is 22.0. The zero-order valence-corrected chi connectivity index (χ0v) is 22.0. The quantitative estimate of drug-likeness (QED) is 0.266. The number of hydrogen-bond acceptors (Lipinski definition) is 8. The first-order chi connectivity index (χ1) is 17.6. The Labute approximate surface area is 219 Å². The van der Waals surface area contributed by atoms with Crippen molar-refractivity contribution in [3.8, 4) is 6.07 Å². The van der Waals surface area contributed by atoms with Gasteiger partial charge in [0.25, 0.3) is 5.91 Å². The van der Waals surface area contributed by atoms with E-state index in [1.807, 2.05) is 44.2 Å². The van der Waals surface area contributed by atoms with Crippen LogP contribution in [0.1, 0.15) is 32.3 Å². The number of rotatable bonds is 8. The zero-order chi connectivity index (χ0) is 27.0. The molecule has 11 heteroatoms. The molecule has 2 atom stereocenters. The number of likely N-dealkylation sites (tertiary alicyclic amines) is 1. The van der Waals surface area contributed by atoms with Crippen LogP contribution in [-0.4, -0.2) is 108 Å². The summed E-state index contributed by atoms with van der Waals surface area (Å²) in [6.45, 7) is 8.24. The Morgan fingerprint density at radius 2 is 1.89 bits per heavy atom. The number of carbonyl (C=O) groups excluding carboxylic acids is 2. The van der Waals surface area contributed by atoms with Gasteiger partial charge >= 0.3 is 13.2 Å². The monoisotopic (exact) mass is 511 g/mol. The number of amides is 2. The number of nitrogens with one attached hydrogen (secondary N) is 1. The number of nitrogens with zero attached hydrogens (tertiary/aromatic N) is 4. The van der Waals surface area contributed by atoms with Crippen molar-refractivity contribution >= 4 is 19.1 Å². The molecule has 2 aliphatic heterocycles. The van der Waals surface area contributed by atoms with Gasteiger partial charge in [-0.25, -0.2) is 4.79 Å². The number of hydrogen-bond donors (Lipinski definition) is 3. The first kappa shape index (κ1) is 28.7. The van der Waals surface area contributed by atoms with Gasteiger partial charge in [0, 0.05) is 38.3 Å². The summed E-state index contributed by atoms with van der Waals surface area (Å²) >= 11 is 0. The first-order valence-electron chi connectivity index (χ1n) is 12.8. The normalized spacial score (nSPS) is 20.6. The van der Waals surface area contributed by atoms with Crippen molar-refractivity contribution in [2.24, 2.45) is 0 Å². The summed E-state index contributed by atoms with van der Waals surface area (Å²) in [5.74, 6) is -1.31. The maximum Gasteiger partial charge on any atom is 0.475 e.